The van der Waals surface area contributed by atoms with Crippen LogP contribution in [-0.2, 0) is 13.5 Å². The summed E-state index contributed by atoms with van der Waals surface area (Å²) in [5, 5.41) is 10.3. The van der Waals surface area contributed by atoms with Gasteiger partial charge in [-0.25, -0.2) is 4.98 Å². The zero-order chi connectivity index (χ0) is 21.0. The van der Waals surface area contributed by atoms with Gasteiger partial charge in [0.05, 0.1) is 0 Å². The maximum Gasteiger partial charge on any atom is 0.296 e. The van der Waals surface area contributed by atoms with E-state index in [9.17, 15) is 14.7 Å². The molecule has 0 spiro atoms. The largest absolute Gasteiger partial charge is 0.501 e. The number of hydrogen-bond donors (Lipinski definition) is 1. The van der Waals surface area contributed by atoms with E-state index in [1.54, 1.807) is 7.05 Å². The first-order valence-corrected chi connectivity index (χ1v) is 9.69. The van der Waals surface area contributed by atoms with Crippen LogP contribution >= 0.6 is 0 Å². The van der Waals surface area contributed by atoms with Crippen LogP contribution in [0.15, 0.2) is 59.4 Å². The molecule has 29 heavy (non-hydrogen) atoms. The predicted molar refractivity (Wildman–Crippen MR) is 113 cm³/mol. The van der Waals surface area contributed by atoms with E-state index in [4.69, 9.17) is 0 Å². The van der Waals surface area contributed by atoms with E-state index in [1.807, 2.05) is 68.4 Å². The van der Waals surface area contributed by atoms with E-state index in [1.165, 1.54) is 9.47 Å². The van der Waals surface area contributed by atoms with Crippen molar-refractivity contribution in [2.75, 3.05) is 13.1 Å². The molecule has 1 amide bonds. The number of amides is 1. The van der Waals surface area contributed by atoms with Gasteiger partial charge in [-0.1, -0.05) is 54.6 Å². The van der Waals surface area contributed by atoms with Crippen molar-refractivity contribution in [3.63, 3.8) is 0 Å². The summed E-state index contributed by atoms with van der Waals surface area (Å²) in [6.07, 6.45) is 0.357. The van der Waals surface area contributed by atoms with E-state index in [-0.39, 0.29) is 5.69 Å². The minimum atomic E-state index is -0.623. The predicted octanol–water partition coefficient (Wildman–Crippen LogP) is 3.23. The summed E-state index contributed by atoms with van der Waals surface area (Å²) >= 11 is 0. The van der Waals surface area contributed by atoms with Gasteiger partial charge in [0, 0.05) is 26.6 Å². The summed E-state index contributed by atoms with van der Waals surface area (Å²) < 4.78 is 1.30. The molecular formula is C23H25N3O3. The molecule has 2 aromatic carbocycles. The summed E-state index contributed by atoms with van der Waals surface area (Å²) in [6, 6.07) is 17.9. The lowest BCUT2D eigenvalue weighted by molar-refractivity contribution is 0.0762. The number of aromatic hydroxyl groups is 1. The number of carbonyl (C=O) groups is 1. The van der Waals surface area contributed by atoms with Crippen LogP contribution < -0.4 is 5.56 Å². The van der Waals surface area contributed by atoms with Gasteiger partial charge < -0.3 is 10.0 Å². The highest BCUT2D eigenvalue weighted by molar-refractivity contribution is 5.94. The molecule has 0 radical (unpaired) electrons. The summed E-state index contributed by atoms with van der Waals surface area (Å²) in [5.41, 5.74) is 2.26. The summed E-state index contributed by atoms with van der Waals surface area (Å²) in [7, 11) is 1.56. The van der Waals surface area contributed by atoms with Crippen LogP contribution in [0.2, 0.25) is 0 Å². The number of rotatable bonds is 6. The van der Waals surface area contributed by atoms with Crippen LogP contribution in [0.25, 0.3) is 11.1 Å². The molecule has 1 heterocycles. The number of carbonyl (C=O) groups excluding carboxylic acids is 1. The van der Waals surface area contributed by atoms with Crippen molar-refractivity contribution in [1.29, 1.82) is 0 Å². The summed E-state index contributed by atoms with van der Waals surface area (Å²) in [4.78, 5) is 31.2. The summed E-state index contributed by atoms with van der Waals surface area (Å²) in [5.74, 6) is -0.626. The normalized spacial score (nSPS) is 10.7. The lowest BCUT2D eigenvalue weighted by Gasteiger charge is -2.19. The minimum absolute atomic E-state index is 0.191. The Kier molecular flexibility index (Phi) is 6.12. The van der Waals surface area contributed by atoms with Crippen LogP contribution in [0.4, 0.5) is 0 Å². The topological polar surface area (TPSA) is 75.4 Å². The van der Waals surface area contributed by atoms with Gasteiger partial charge in [0.25, 0.3) is 11.5 Å². The van der Waals surface area contributed by atoms with Gasteiger partial charge in [-0.2, -0.15) is 0 Å². The van der Waals surface area contributed by atoms with Gasteiger partial charge in [-0.05, 0) is 30.5 Å². The van der Waals surface area contributed by atoms with Crippen LogP contribution in [-0.4, -0.2) is 38.6 Å². The highest BCUT2D eigenvalue weighted by Crippen LogP contribution is 2.25. The standard InChI is InChI=1S/C23H25N3O3/c1-4-26(5-2)22(28)20-21(27)23(29)25(3)19(24-20)15-17-13-9-10-14-18(17)16-11-7-6-8-12-16/h6-14,27H,4-5,15H2,1-3H3. The third-order valence-corrected chi connectivity index (χ3v) is 5.06. The number of aromatic nitrogens is 2. The molecule has 0 bridgehead atoms. The molecule has 6 nitrogen and oxygen atoms in total. The van der Waals surface area contributed by atoms with Crippen molar-refractivity contribution in [2.45, 2.75) is 20.3 Å². The molecule has 3 rings (SSSR count). The highest BCUT2D eigenvalue weighted by atomic mass is 16.3. The monoisotopic (exact) mass is 391 g/mol. The molecule has 1 N–H and O–H groups in total. The Bertz CT molecular complexity index is 1070. The van der Waals surface area contributed by atoms with Gasteiger partial charge >= 0.3 is 0 Å². The molecule has 0 aliphatic rings. The van der Waals surface area contributed by atoms with Crippen LogP contribution in [0, 0.1) is 0 Å². The quantitative estimate of drug-likeness (QED) is 0.700. The lowest BCUT2D eigenvalue weighted by Crippen LogP contribution is -2.34. The van der Waals surface area contributed by atoms with E-state index >= 15 is 0 Å². The molecule has 0 aliphatic carbocycles. The van der Waals surface area contributed by atoms with Crippen molar-refractivity contribution in [3.8, 4) is 16.9 Å². The SMILES string of the molecule is CCN(CC)C(=O)c1nc(Cc2ccccc2-c2ccccc2)n(C)c(=O)c1O. The van der Waals surface area contributed by atoms with Crippen molar-refractivity contribution in [2.24, 2.45) is 7.05 Å². The second kappa shape index (κ2) is 8.73. The maximum absolute atomic E-state index is 12.7. The number of nitrogens with zero attached hydrogens (tertiary/aromatic N) is 3. The Labute approximate surface area is 170 Å². The van der Waals surface area contributed by atoms with Gasteiger partial charge in [0.15, 0.2) is 5.69 Å². The summed E-state index contributed by atoms with van der Waals surface area (Å²) in [6.45, 7) is 4.63. The molecule has 0 aliphatic heterocycles. The Morgan fingerprint density at radius 2 is 1.66 bits per heavy atom. The number of benzene rings is 2. The Morgan fingerprint density at radius 1 is 1.03 bits per heavy atom. The number of hydrogen-bond acceptors (Lipinski definition) is 4. The zero-order valence-corrected chi connectivity index (χ0v) is 16.9. The molecule has 6 heteroatoms. The average Bonchev–Trinajstić information content (AvgIpc) is 2.76. The van der Waals surface area contributed by atoms with E-state index in [0.29, 0.717) is 25.3 Å². The Balaban J connectivity index is 2.08. The fourth-order valence-electron chi connectivity index (χ4n) is 3.35. The fourth-order valence-corrected chi connectivity index (χ4v) is 3.35. The van der Waals surface area contributed by atoms with Crippen molar-refractivity contribution in [3.05, 3.63) is 82.0 Å². The van der Waals surface area contributed by atoms with Crippen LogP contribution in [0.5, 0.6) is 5.75 Å². The third-order valence-electron chi connectivity index (χ3n) is 5.06. The third kappa shape index (κ3) is 4.06. The van der Waals surface area contributed by atoms with Crippen molar-refractivity contribution >= 4 is 5.91 Å². The first kappa shape index (κ1) is 20.3. The van der Waals surface area contributed by atoms with Crippen molar-refractivity contribution < 1.29 is 9.90 Å². The molecule has 0 unspecified atom stereocenters. The van der Waals surface area contributed by atoms with E-state index in [0.717, 1.165) is 16.7 Å². The molecular weight excluding hydrogens is 366 g/mol. The van der Waals surface area contributed by atoms with Crippen LogP contribution in [0.1, 0.15) is 35.7 Å². The molecule has 150 valence electrons. The second-order valence-corrected chi connectivity index (χ2v) is 6.77. The zero-order valence-electron chi connectivity index (χ0n) is 16.9. The molecule has 1 aromatic heterocycles. The van der Waals surface area contributed by atoms with Gasteiger partial charge in [-0.15, -0.1) is 0 Å². The van der Waals surface area contributed by atoms with E-state index < -0.39 is 17.2 Å². The van der Waals surface area contributed by atoms with Crippen molar-refractivity contribution in [1.82, 2.24) is 14.5 Å². The molecule has 0 saturated heterocycles. The first-order valence-electron chi connectivity index (χ1n) is 9.69. The van der Waals surface area contributed by atoms with Gasteiger partial charge in [-0.3, -0.25) is 14.2 Å². The second-order valence-electron chi connectivity index (χ2n) is 6.77. The highest BCUT2D eigenvalue weighted by Gasteiger charge is 2.23. The van der Waals surface area contributed by atoms with E-state index in [2.05, 4.69) is 4.98 Å². The van der Waals surface area contributed by atoms with Gasteiger partial charge in [0.2, 0.25) is 5.75 Å². The fraction of sp³-hybridized carbons (Fsp3) is 0.261. The molecule has 0 fully saturated rings. The maximum atomic E-state index is 12.7. The van der Waals surface area contributed by atoms with Crippen LogP contribution in [0.3, 0.4) is 0 Å². The smallest absolute Gasteiger partial charge is 0.296 e. The minimum Gasteiger partial charge on any atom is -0.501 e. The lowest BCUT2D eigenvalue weighted by atomic mass is 9.97. The molecule has 3 aromatic rings. The Morgan fingerprint density at radius 3 is 2.31 bits per heavy atom. The average molecular weight is 391 g/mol. The van der Waals surface area contributed by atoms with Gasteiger partial charge in [0.1, 0.15) is 5.82 Å². The molecule has 0 atom stereocenters. The molecule has 0 saturated carbocycles. The first-order chi connectivity index (χ1) is 14.0. The Hall–Kier alpha value is -3.41.